The lowest BCUT2D eigenvalue weighted by atomic mass is 10.2. The fourth-order valence-electron chi connectivity index (χ4n) is 4.12. The van der Waals surface area contributed by atoms with Gasteiger partial charge in [-0.05, 0) is 60.7 Å². The average molecular weight is 455 g/mol. The Morgan fingerprint density at radius 2 is 0.943 bits per heavy atom. The molecule has 5 heterocycles. The molecule has 7 aromatic rings. The zero-order valence-corrected chi connectivity index (χ0v) is 18.3. The molecule has 166 valence electrons. The molecule has 0 unspecified atom stereocenters. The lowest BCUT2D eigenvalue weighted by Crippen LogP contribution is -1.86. The van der Waals surface area contributed by atoms with Crippen molar-refractivity contribution < 1.29 is 0 Å². The highest BCUT2D eigenvalue weighted by molar-refractivity contribution is 5.85. The fourth-order valence-corrected chi connectivity index (χ4v) is 4.12. The van der Waals surface area contributed by atoms with Crippen LogP contribution in [0.15, 0.2) is 85.5 Å². The first kappa shape index (κ1) is 19.3. The Bertz CT molecular complexity index is 1670. The maximum atomic E-state index is 4.74. The SMILES string of the molecule is c1cnc(-c2ccc3nc(-c4ccc(-c5nc6ccc(-c7ncccn7)cc6[nH]5)[nH]4)[nH]c3c2)nc1. The van der Waals surface area contributed by atoms with Crippen molar-refractivity contribution in [2.24, 2.45) is 0 Å². The summed E-state index contributed by atoms with van der Waals surface area (Å²) in [5.74, 6) is 2.85. The van der Waals surface area contributed by atoms with Crippen LogP contribution >= 0.6 is 0 Å². The van der Waals surface area contributed by atoms with E-state index in [9.17, 15) is 0 Å². The van der Waals surface area contributed by atoms with E-state index >= 15 is 0 Å². The highest BCUT2D eigenvalue weighted by Crippen LogP contribution is 2.28. The van der Waals surface area contributed by atoms with Crippen LogP contribution in [0.1, 0.15) is 0 Å². The van der Waals surface area contributed by atoms with E-state index in [-0.39, 0.29) is 0 Å². The first-order valence-electron chi connectivity index (χ1n) is 11.0. The first-order chi connectivity index (χ1) is 17.3. The molecule has 0 aliphatic rings. The molecule has 9 nitrogen and oxygen atoms in total. The van der Waals surface area contributed by atoms with Gasteiger partial charge < -0.3 is 15.0 Å². The number of nitrogens with one attached hydrogen (secondary N) is 3. The van der Waals surface area contributed by atoms with Crippen molar-refractivity contribution in [3.8, 4) is 45.8 Å². The third-order valence-electron chi connectivity index (χ3n) is 5.81. The lowest BCUT2D eigenvalue weighted by Gasteiger charge is -1.98. The largest absolute Gasteiger partial charge is 0.349 e. The van der Waals surface area contributed by atoms with Gasteiger partial charge in [-0.2, -0.15) is 0 Å². The van der Waals surface area contributed by atoms with Crippen LogP contribution in [0.2, 0.25) is 0 Å². The molecular weight excluding hydrogens is 438 g/mol. The summed E-state index contributed by atoms with van der Waals surface area (Å²) in [4.78, 5) is 37.0. The second kappa shape index (κ2) is 7.70. The molecule has 0 radical (unpaired) electrons. The number of aromatic amines is 3. The predicted molar refractivity (Wildman–Crippen MR) is 133 cm³/mol. The molecule has 0 bridgehead atoms. The number of rotatable bonds is 4. The molecule has 0 aliphatic carbocycles. The molecule has 9 heteroatoms. The van der Waals surface area contributed by atoms with E-state index < -0.39 is 0 Å². The summed E-state index contributed by atoms with van der Waals surface area (Å²) >= 11 is 0. The summed E-state index contributed by atoms with van der Waals surface area (Å²) in [7, 11) is 0. The fraction of sp³-hybridized carbons (Fsp3) is 0. The molecule has 0 atom stereocenters. The minimum atomic E-state index is 0.680. The van der Waals surface area contributed by atoms with Gasteiger partial charge in [-0.3, -0.25) is 0 Å². The van der Waals surface area contributed by atoms with Crippen molar-refractivity contribution in [1.82, 2.24) is 44.9 Å². The van der Waals surface area contributed by atoms with Gasteiger partial charge in [0.05, 0.1) is 33.5 Å². The van der Waals surface area contributed by atoms with Crippen LogP contribution in [0.5, 0.6) is 0 Å². The number of nitrogens with zero attached hydrogens (tertiary/aromatic N) is 6. The second-order valence-corrected chi connectivity index (χ2v) is 8.07. The van der Waals surface area contributed by atoms with Crippen molar-refractivity contribution in [3.63, 3.8) is 0 Å². The highest BCUT2D eigenvalue weighted by Gasteiger charge is 2.13. The van der Waals surface area contributed by atoms with Crippen molar-refractivity contribution in [2.75, 3.05) is 0 Å². The summed E-state index contributed by atoms with van der Waals surface area (Å²) in [6.07, 6.45) is 6.94. The topological polar surface area (TPSA) is 125 Å². The van der Waals surface area contributed by atoms with Gasteiger partial charge >= 0.3 is 0 Å². The minimum absolute atomic E-state index is 0.680. The smallest absolute Gasteiger partial charge is 0.159 e. The number of H-pyrrole nitrogens is 3. The molecule has 0 spiro atoms. The molecule has 3 N–H and O–H groups in total. The number of aromatic nitrogens is 9. The van der Waals surface area contributed by atoms with Crippen molar-refractivity contribution in [2.45, 2.75) is 0 Å². The van der Waals surface area contributed by atoms with Crippen LogP contribution in [-0.2, 0) is 0 Å². The number of hydrogen-bond donors (Lipinski definition) is 3. The van der Waals surface area contributed by atoms with Gasteiger partial charge in [-0.1, -0.05) is 0 Å². The maximum absolute atomic E-state index is 4.74. The Morgan fingerprint density at radius 1 is 0.486 bits per heavy atom. The Balaban J connectivity index is 1.21. The third kappa shape index (κ3) is 3.42. The lowest BCUT2D eigenvalue weighted by molar-refractivity contribution is 1.18. The summed E-state index contributed by atoms with van der Waals surface area (Å²) < 4.78 is 0. The molecule has 35 heavy (non-hydrogen) atoms. The molecule has 7 rings (SSSR count). The minimum Gasteiger partial charge on any atom is -0.349 e. The molecule has 0 saturated heterocycles. The van der Waals surface area contributed by atoms with Crippen LogP contribution in [-0.4, -0.2) is 44.9 Å². The number of imidazole rings is 2. The zero-order valence-electron chi connectivity index (χ0n) is 18.3. The average Bonchev–Trinajstić information content (AvgIpc) is 3.66. The van der Waals surface area contributed by atoms with E-state index in [2.05, 4.69) is 34.9 Å². The van der Waals surface area contributed by atoms with Gasteiger partial charge in [0.15, 0.2) is 23.3 Å². The Morgan fingerprint density at radius 3 is 1.40 bits per heavy atom. The molecular formula is C26H17N9. The molecule has 5 aromatic heterocycles. The van der Waals surface area contributed by atoms with E-state index in [1.807, 2.05) is 48.5 Å². The maximum Gasteiger partial charge on any atom is 0.159 e. The van der Waals surface area contributed by atoms with E-state index in [1.54, 1.807) is 36.9 Å². The van der Waals surface area contributed by atoms with E-state index in [0.29, 0.717) is 11.6 Å². The Labute approximate surface area is 198 Å². The van der Waals surface area contributed by atoms with Crippen LogP contribution < -0.4 is 0 Å². The molecule has 0 fully saturated rings. The Kier molecular flexibility index (Phi) is 4.25. The number of hydrogen-bond acceptors (Lipinski definition) is 6. The Hall–Kier alpha value is -5.18. The van der Waals surface area contributed by atoms with Crippen LogP contribution in [0.25, 0.3) is 67.9 Å². The second-order valence-electron chi connectivity index (χ2n) is 8.07. The molecule has 0 saturated carbocycles. The highest BCUT2D eigenvalue weighted by atomic mass is 15.0. The number of benzene rings is 2. The van der Waals surface area contributed by atoms with Gasteiger partial charge in [-0.15, -0.1) is 0 Å². The van der Waals surface area contributed by atoms with Gasteiger partial charge in [-0.25, -0.2) is 29.9 Å². The first-order valence-corrected chi connectivity index (χ1v) is 11.0. The standard InChI is InChI=1S/C26H17N9/c1-9-27-23(28-10-1)15-3-5-17-21(13-15)34-25(32-17)19-7-8-20(31-19)26-33-18-6-4-16(14-22(18)35-26)24-29-11-2-12-30-24/h1-14,31H,(H,32,34)(H,33,35). The normalized spacial score (nSPS) is 11.4. The summed E-state index contributed by atoms with van der Waals surface area (Å²) in [5.41, 5.74) is 7.18. The van der Waals surface area contributed by atoms with Crippen molar-refractivity contribution >= 4 is 22.1 Å². The van der Waals surface area contributed by atoms with Crippen molar-refractivity contribution in [3.05, 3.63) is 85.5 Å². The van der Waals surface area contributed by atoms with Gasteiger partial charge in [0.2, 0.25) is 0 Å². The van der Waals surface area contributed by atoms with Crippen molar-refractivity contribution in [1.29, 1.82) is 0 Å². The predicted octanol–water partition coefficient (Wildman–Crippen LogP) is 5.02. The summed E-state index contributed by atoms with van der Waals surface area (Å²) in [6.45, 7) is 0. The monoisotopic (exact) mass is 455 g/mol. The summed E-state index contributed by atoms with van der Waals surface area (Å²) in [6, 6.07) is 19.5. The zero-order chi connectivity index (χ0) is 23.2. The molecule has 2 aromatic carbocycles. The van der Waals surface area contributed by atoms with E-state index in [0.717, 1.165) is 56.2 Å². The van der Waals surface area contributed by atoms with Crippen LogP contribution in [0.3, 0.4) is 0 Å². The quantitative estimate of drug-likeness (QED) is 0.342. The van der Waals surface area contributed by atoms with Gasteiger partial charge in [0.1, 0.15) is 0 Å². The van der Waals surface area contributed by atoms with Crippen LogP contribution in [0, 0.1) is 0 Å². The molecule has 0 aliphatic heterocycles. The van der Waals surface area contributed by atoms with E-state index in [1.165, 1.54) is 0 Å². The van der Waals surface area contributed by atoms with E-state index in [4.69, 9.17) is 9.97 Å². The van der Waals surface area contributed by atoms with Gasteiger partial charge in [0.25, 0.3) is 0 Å². The van der Waals surface area contributed by atoms with Gasteiger partial charge in [0, 0.05) is 35.9 Å². The van der Waals surface area contributed by atoms with Crippen LogP contribution in [0.4, 0.5) is 0 Å². The summed E-state index contributed by atoms with van der Waals surface area (Å²) in [5, 5.41) is 0. The third-order valence-corrected chi connectivity index (χ3v) is 5.81. The molecule has 0 amide bonds. The number of fused-ring (bicyclic) bond motifs is 2.